The number of carbonyl (C=O) groups is 1. The molecule has 1 heterocycles. The molecule has 0 bridgehead atoms. The maximum Gasteiger partial charge on any atom is 0.330 e. The number of nitro benzene ring substituents is 1. The number of nitrogens with zero attached hydrogens (tertiary/aromatic N) is 2. The molecule has 1 saturated heterocycles. The number of nitro groups is 1. The summed E-state index contributed by atoms with van der Waals surface area (Å²) in [6.45, 7) is 0.161. The fourth-order valence-electron chi connectivity index (χ4n) is 2.18. The molecule has 1 atom stereocenters. The fourth-order valence-corrected chi connectivity index (χ4v) is 2.18. The first-order valence-electron chi connectivity index (χ1n) is 6.01. The third-order valence-electron chi connectivity index (χ3n) is 3.10. The summed E-state index contributed by atoms with van der Waals surface area (Å²) in [4.78, 5) is 23.0. The number of hydrogen-bond donors (Lipinski definition) is 0. The number of carbonyl (C=O) groups excluding carboxylic acids is 1. The lowest BCUT2D eigenvalue weighted by Crippen LogP contribution is -2.50. The molecule has 0 aromatic heterocycles. The number of hydrogen-bond acceptors (Lipinski definition) is 6. The van der Waals surface area contributed by atoms with Crippen molar-refractivity contribution in [3.8, 4) is 0 Å². The number of methoxy groups -OCH3 is 1. The van der Waals surface area contributed by atoms with Gasteiger partial charge in [-0.2, -0.15) is 4.39 Å². The van der Waals surface area contributed by atoms with Crippen molar-refractivity contribution in [3.63, 3.8) is 0 Å². The average molecular weight is 302 g/mol. The Bertz CT molecular complexity index is 581. The van der Waals surface area contributed by atoms with Gasteiger partial charge in [0, 0.05) is 18.7 Å². The number of ether oxygens (including phenoxy) is 2. The zero-order valence-corrected chi connectivity index (χ0v) is 11.0. The van der Waals surface area contributed by atoms with Crippen molar-refractivity contribution in [2.75, 3.05) is 31.8 Å². The first-order valence-corrected chi connectivity index (χ1v) is 6.01. The minimum atomic E-state index is -1.30. The molecule has 0 radical (unpaired) electrons. The quantitative estimate of drug-likeness (QED) is 0.475. The molecule has 1 aliphatic rings. The van der Waals surface area contributed by atoms with Gasteiger partial charge in [-0.15, -0.1) is 0 Å². The van der Waals surface area contributed by atoms with Crippen LogP contribution in [0.15, 0.2) is 12.1 Å². The maximum atomic E-state index is 13.7. The lowest BCUT2D eigenvalue weighted by molar-refractivity contribution is -0.386. The Morgan fingerprint density at radius 3 is 2.86 bits per heavy atom. The third kappa shape index (κ3) is 2.92. The van der Waals surface area contributed by atoms with Gasteiger partial charge in [-0.3, -0.25) is 10.1 Å². The minimum Gasteiger partial charge on any atom is -0.467 e. The van der Waals surface area contributed by atoms with Crippen LogP contribution in [0.25, 0.3) is 0 Å². The molecule has 1 unspecified atom stereocenters. The highest BCUT2D eigenvalue weighted by atomic mass is 19.1. The normalized spacial score (nSPS) is 18.4. The highest BCUT2D eigenvalue weighted by Gasteiger charge is 2.36. The van der Waals surface area contributed by atoms with Crippen molar-refractivity contribution >= 4 is 17.3 Å². The first-order chi connectivity index (χ1) is 9.95. The summed E-state index contributed by atoms with van der Waals surface area (Å²) in [5, 5.41) is 11.0. The molecule has 9 heteroatoms. The predicted molar refractivity (Wildman–Crippen MR) is 67.0 cm³/mol. The van der Waals surface area contributed by atoms with Crippen LogP contribution in [0.1, 0.15) is 0 Å². The minimum absolute atomic E-state index is 0.0729. The Labute approximate surface area is 118 Å². The first kappa shape index (κ1) is 15.1. The average Bonchev–Trinajstić information content (AvgIpc) is 2.45. The van der Waals surface area contributed by atoms with E-state index in [1.807, 2.05) is 0 Å². The molecular weight excluding hydrogens is 290 g/mol. The van der Waals surface area contributed by atoms with E-state index in [2.05, 4.69) is 4.74 Å². The molecule has 7 nitrogen and oxygen atoms in total. The summed E-state index contributed by atoms with van der Waals surface area (Å²) in [5.74, 6) is -2.97. The van der Waals surface area contributed by atoms with E-state index in [0.717, 1.165) is 13.2 Å². The van der Waals surface area contributed by atoms with E-state index in [0.29, 0.717) is 6.07 Å². The van der Waals surface area contributed by atoms with Crippen LogP contribution in [0.3, 0.4) is 0 Å². The van der Waals surface area contributed by atoms with Crippen molar-refractivity contribution in [2.24, 2.45) is 0 Å². The van der Waals surface area contributed by atoms with Gasteiger partial charge < -0.3 is 14.4 Å². The Morgan fingerprint density at radius 1 is 1.52 bits per heavy atom. The van der Waals surface area contributed by atoms with Gasteiger partial charge in [0.1, 0.15) is 11.5 Å². The number of anilines is 1. The van der Waals surface area contributed by atoms with Gasteiger partial charge in [-0.05, 0) is 0 Å². The number of rotatable bonds is 3. The number of benzene rings is 1. The smallest absolute Gasteiger partial charge is 0.330 e. The highest BCUT2D eigenvalue weighted by molar-refractivity contribution is 5.82. The lowest BCUT2D eigenvalue weighted by atomic mass is 10.1. The second kappa shape index (κ2) is 6.00. The van der Waals surface area contributed by atoms with E-state index in [1.54, 1.807) is 0 Å². The van der Waals surface area contributed by atoms with E-state index < -0.39 is 34.3 Å². The van der Waals surface area contributed by atoms with E-state index in [1.165, 1.54) is 4.90 Å². The molecule has 1 aromatic carbocycles. The topological polar surface area (TPSA) is 81.9 Å². The van der Waals surface area contributed by atoms with Crippen LogP contribution >= 0.6 is 0 Å². The van der Waals surface area contributed by atoms with Crippen molar-refractivity contribution in [2.45, 2.75) is 6.04 Å². The lowest BCUT2D eigenvalue weighted by Gasteiger charge is -2.34. The Kier molecular flexibility index (Phi) is 4.32. The third-order valence-corrected chi connectivity index (χ3v) is 3.10. The number of morpholine rings is 1. The van der Waals surface area contributed by atoms with Gasteiger partial charge in [0.2, 0.25) is 5.82 Å². The SMILES string of the molecule is COC(=O)C1COCCN1c1cc(F)cc(F)c1[N+](=O)[O-]. The molecule has 1 fully saturated rings. The molecular formula is C12H12F2N2O5. The van der Waals surface area contributed by atoms with Crippen LogP contribution < -0.4 is 4.90 Å². The van der Waals surface area contributed by atoms with Crippen molar-refractivity contribution < 1.29 is 28.0 Å². The van der Waals surface area contributed by atoms with Gasteiger partial charge in [0.25, 0.3) is 0 Å². The summed E-state index contributed by atoms with van der Waals surface area (Å²) >= 11 is 0. The predicted octanol–water partition coefficient (Wildman–Crippen LogP) is 1.25. The molecule has 0 saturated carbocycles. The summed E-state index contributed by atoms with van der Waals surface area (Å²) in [6, 6.07) is 0.251. The Hall–Kier alpha value is -2.29. The van der Waals surface area contributed by atoms with Gasteiger partial charge in [-0.1, -0.05) is 0 Å². The van der Waals surface area contributed by atoms with Crippen LogP contribution in [0.5, 0.6) is 0 Å². The number of esters is 1. The highest BCUT2D eigenvalue weighted by Crippen LogP contribution is 2.34. The summed E-state index contributed by atoms with van der Waals surface area (Å²) in [5.41, 5.74) is -1.19. The second-order valence-electron chi connectivity index (χ2n) is 4.32. The van der Waals surface area contributed by atoms with E-state index in [-0.39, 0.29) is 25.4 Å². The molecule has 0 aliphatic carbocycles. The van der Waals surface area contributed by atoms with Crippen LogP contribution in [-0.4, -0.2) is 43.8 Å². The van der Waals surface area contributed by atoms with E-state index >= 15 is 0 Å². The van der Waals surface area contributed by atoms with Crippen LogP contribution in [0, 0.1) is 21.7 Å². The van der Waals surface area contributed by atoms with Gasteiger partial charge >= 0.3 is 11.7 Å². The summed E-state index contributed by atoms with van der Waals surface area (Å²) in [6.07, 6.45) is 0. The summed E-state index contributed by atoms with van der Waals surface area (Å²) < 4.78 is 36.8. The molecule has 2 rings (SSSR count). The van der Waals surface area contributed by atoms with Crippen LogP contribution in [0.4, 0.5) is 20.2 Å². The molecule has 114 valence electrons. The maximum absolute atomic E-state index is 13.7. The molecule has 0 amide bonds. The van der Waals surface area contributed by atoms with E-state index in [4.69, 9.17) is 4.74 Å². The van der Waals surface area contributed by atoms with Crippen molar-refractivity contribution in [1.82, 2.24) is 0 Å². The van der Waals surface area contributed by atoms with Crippen LogP contribution in [-0.2, 0) is 14.3 Å². The Morgan fingerprint density at radius 2 is 2.24 bits per heavy atom. The second-order valence-corrected chi connectivity index (χ2v) is 4.32. The fraction of sp³-hybridized carbons (Fsp3) is 0.417. The number of halogens is 2. The molecule has 0 spiro atoms. The van der Waals surface area contributed by atoms with Crippen LogP contribution in [0.2, 0.25) is 0 Å². The van der Waals surface area contributed by atoms with Gasteiger partial charge in [0.05, 0.1) is 25.2 Å². The largest absolute Gasteiger partial charge is 0.467 e. The zero-order chi connectivity index (χ0) is 15.6. The summed E-state index contributed by atoms with van der Waals surface area (Å²) in [7, 11) is 1.15. The molecule has 21 heavy (non-hydrogen) atoms. The molecule has 1 aromatic rings. The van der Waals surface area contributed by atoms with Crippen molar-refractivity contribution in [3.05, 3.63) is 33.9 Å². The zero-order valence-electron chi connectivity index (χ0n) is 11.0. The van der Waals surface area contributed by atoms with Gasteiger partial charge in [-0.25, -0.2) is 9.18 Å². The molecule has 1 aliphatic heterocycles. The van der Waals surface area contributed by atoms with Crippen molar-refractivity contribution in [1.29, 1.82) is 0 Å². The standard InChI is InChI=1S/C12H12F2N2O5/c1-20-12(17)10-6-21-3-2-15(10)9-5-7(13)4-8(14)11(9)16(18)19/h4-5,10H,2-3,6H2,1H3. The van der Waals surface area contributed by atoms with E-state index in [9.17, 15) is 23.7 Å². The monoisotopic (exact) mass is 302 g/mol. The molecule has 0 N–H and O–H groups in total. The van der Waals surface area contributed by atoms with Gasteiger partial charge in [0.15, 0.2) is 6.04 Å². The Balaban J connectivity index is 2.52.